The molecule has 122 valence electrons. The van der Waals surface area contributed by atoms with Crippen LogP contribution in [0.4, 0.5) is 18.9 Å². The molecule has 7 heteroatoms. The van der Waals surface area contributed by atoms with Crippen LogP contribution in [0.3, 0.4) is 0 Å². The predicted molar refractivity (Wildman–Crippen MR) is 82.3 cm³/mol. The minimum absolute atomic E-state index is 0.0635. The van der Waals surface area contributed by atoms with E-state index < -0.39 is 17.6 Å². The number of rotatable bonds is 2. The second-order valence-electron chi connectivity index (χ2n) is 5.14. The monoisotopic (exact) mass is 332 g/mol. The van der Waals surface area contributed by atoms with Crippen molar-refractivity contribution in [2.24, 2.45) is 0 Å². The number of amides is 1. The Morgan fingerprint density at radius 3 is 2.38 bits per heavy atom. The van der Waals surface area contributed by atoms with E-state index in [1.807, 2.05) is 0 Å². The first-order valence-electron chi connectivity index (χ1n) is 6.95. The second-order valence-corrected chi connectivity index (χ2v) is 5.14. The average molecular weight is 332 g/mol. The van der Waals surface area contributed by atoms with E-state index in [0.29, 0.717) is 15.6 Å². The van der Waals surface area contributed by atoms with E-state index in [0.717, 1.165) is 24.3 Å². The first kappa shape index (κ1) is 15.8. The van der Waals surface area contributed by atoms with Crippen LogP contribution in [0.2, 0.25) is 0 Å². The van der Waals surface area contributed by atoms with Crippen LogP contribution in [0.1, 0.15) is 15.9 Å². The molecule has 3 aromatic rings. The van der Waals surface area contributed by atoms with Gasteiger partial charge in [0.05, 0.1) is 5.56 Å². The molecule has 0 bridgehead atoms. The molecule has 0 unspecified atom stereocenters. The fourth-order valence-corrected chi connectivity index (χ4v) is 2.29. The number of carbonyl (C=O) groups excluding carboxylic acids is 1. The number of anilines is 1. The molecule has 0 atom stereocenters. The lowest BCUT2D eigenvalue weighted by molar-refractivity contribution is -0.576. The third-order valence-electron chi connectivity index (χ3n) is 3.47. The molecule has 0 aliphatic rings. The molecular weight excluding hydrogens is 321 g/mol. The first-order chi connectivity index (χ1) is 11.3. The first-order valence-corrected chi connectivity index (χ1v) is 6.95. The van der Waals surface area contributed by atoms with E-state index in [-0.39, 0.29) is 11.3 Å². The number of alkyl halides is 3. The molecule has 0 aliphatic carbocycles. The van der Waals surface area contributed by atoms with Gasteiger partial charge in [0.1, 0.15) is 5.69 Å². The van der Waals surface area contributed by atoms with Gasteiger partial charge in [-0.15, -0.1) is 0 Å². The molecule has 0 saturated heterocycles. The zero-order valence-corrected chi connectivity index (χ0v) is 12.2. The smallest absolute Gasteiger partial charge is 0.416 e. The van der Waals surface area contributed by atoms with Crippen LogP contribution in [0.25, 0.3) is 10.9 Å². The SMILES string of the molecule is O=C(Nc1cc2ccccc2[n+]([O-])c1)c1ccc(C(F)(F)F)cc1. The molecule has 3 rings (SSSR count). The Morgan fingerprint density at radius 1 is 1.04 bits per heavy atom. The molecule has 4 nitrogen and oxygen atoms in total. The molecule has 0 radical (unpaired) electrons. The summed E-state index contributed by atoms with van der Waals surface area (Å²) in [5.41, 5.74) is -0.0608. The molecule has 0 saturated carbocycles. The molecular formula is C17H11F3N2O2. The zero-order valence-electron chi connectivity index (χ0n) is 12.2. The van der Waals surface area contributed by atoms with Gasteiger partial charge in [0.15, 0.2) is 0 Å². The number of halogens is 3. The van der Waals surface area contributed by atoms with E-state index in [1.54, 1.807) is 30.3 Å². The van der Waals surface area contributed by atoms with Gasteiger partial charge in [0.25, 0.3) is 5.91 Å². The van der Waals surface area contributed by atoms with E-state index in [9.17, 15) is 23.2 Å². The summed E-state index contributed by atoms with van der Waals surface area (Å²) in [6, 6.07) is 12.3. The van der Waals surface area contributed by atoms with Gasteiger partial charge in [-0.2, -0.15) is 17.9 Å². The van der Waals surface area contributed by atoms with Crippen molar-refractivity contribution in [2.75, 3.05) is 5.32 Å². The summed E-state index contributed by atoms with van der Waals surface area (Å²) in [6.45, 7) is 0. The number of aromatic nitrogens is 1. The van der Waals surface area contributed by atoms with Gasteiger partial charge >= 0.3 is 6.18 Å². The number of benzene rings is 2. The van der Waals surface area contributed by atoms with Crippen molar-refractivity contribution in [1.29, 1.82) is 0 Å². The molecule has 24 heavy (non-hydrogen) atoms. The van der Waals surface area contributed by atoms with Crippen LogP contribution in [0, 0.1) is 5.21 Å². The molecule has 0 spiro atoms. The molecule has 0 fully saturated rings. The molecule has 1 aromatic heterocycles. The van der Waals surface area contributed by atoms with E-state index in [1.165, 1.54) is 6.20 Å². The van der Waals surface area contributed by atoms with Crippen molar-refractivity contribution in [3.63, 3.8) is 0 Å². The number of para-hydroxylation sites is 1. The number of fused-ring (bicyclic) bond motifs is 1. The normalized spacial score (nSPS) is 11.5. The third-order valence-corrected chi connectivity index (χ3v) is 3.47. The average Bonchev–Trinajstić information content (AvgIpc) is 2.54. The van der Waals surface area contributed by atoms with Crippen LogP contribution < -0.4 is 10.0 Å². The standard InChI is InChI=1S/C17H11F3N2O2/c18-17(19,20)13-7-5-11(6-8-13)16(23)21-14-9-12-3-1-2-4-15(12)22(24)10-14/h1-10H,(H,21,23). The van der Waals surface area contributed by atoms with Crippen LogP contribution in [-0.2, 0) is 6.18 Å². The van der Waals surface area contributed by atoms with E-state index in [2.05, 4.69) is 5.32 Å². The zero-order chi connectivity index (χ0) is 17.3. The maximum Gasteiger partial charge on any atom is 0.416 e. The van der Waals surface area contributed by atoms with Gasteiger partial charge in [-0.05, 0) is 36.4 Å². The lowest BCUT2D eigenvalue weighted by Gasteiger charge is -2.09. The minimum atomic E-state index is -4.46. The Labute approximate surface area is 134 Å². The van der Waals surface area contributed by atoms with Gasteiger partial charge in [0, 0.05) is 17.0 Å². The van der Waals surface area contributed by atoms with Gasteiger partial charge in [0.2, 0.25) is 11.7 Å². The number of hydrogen-bond donors (Lipinski definition) is 1. The van der Waals surface area contributed by atoms with Crippen molar-refractivity contribution >= 4 is 22.5 Å². The number of nitrogens with zero attached hydrogens (tertiary/aromatic N) is 1. The Hall–Kier alpha value is -3.09. The van der Waals surface area contributed by atoms with Crippen molar-refractivity contribution in [2.45, 2.75) is 6.18 Å². The van der Waals surface area contributed by atoms with Crippen LogP contribution in [-0.4, -0.2) is 5.91 Å². The quantitative estimate of drug-likeness (QED) is 0.574. The summed E-state index contributed by atoms with van der Waals surface area (Å²) in [6.07, 6.45) is -3.26. The van der Waals surface area contributed by atoms with Gasteiger partial charge in [-0.3, -0.25) is 4.79 Å². The topological polar surface area (TPSA) is 56.0 Å². The number of pyridine rings is 1. The Balaban J connectivity index is 1.84. The minimum Gasteiger partial charge on any atom is -0.618 e. The molecule has 1 heterocycles. The largest absolute Gasteiger partial charge is 0.618 e. The van der Waals surface area contributed by atoms with Crippen molar-refractivity contribution in [1.82, 2.24) is 0 Å². The maximum atomic E-state index is 12.5. The highest BCUT2D eigenvalue weighted by Gasteiger charge is 2.30. The Kier molecular flexibility index (Phi) is 3.84. The fraction of sp³-hybridized carbons (Fsp3) is 0.0588. The highest BCUT2D eigenvalue weighted by Crippen LogP contribution is 2.29. The number of nitrogens with one attached hydrogen (secondary N) is 1. The van der Waals surface area contributed by atoms with Gasteiger partial charge in [-0.25, -0.2) is 0 Å². The van der Waals surface area contributed by atoms with Gasteiger partial charge in [-0.1, -0.05) is 12.1 Å². The maximum absolute atomic E-state index is 12.5. The summed E-state index contributed by atoms with van der Waals surface area (Å²) in [5, 5.41) is 15.1. The lowest BCUT2D eigenvalue weighted by atomic mass is 10.1. The summed E-state index contributed by atoms with van der Waals surface area (Å²) >= 11 is 0. The highest BCUT2D eigenvalue weighted by molar-refractivity contribution is 6.04. The second kappa shape index (κ2) is 5.84. The molecule has 1 amide bonds. The predicted octanol–water partition coefficient (Wildman–Crippen LogP) is 3.74. The molecule has 0 aliphatic heterocycles. The van der Waals surface area contributed by atoms with Crippen LogP contribution in [0.5, 0.6) is 0 Å². The highest BCUT2D eigenvalue weighted by atomic mass is 19.4. The van der Waals surface area contributed by atoms with Crippen LogP contribution in [0.15, 0.2) is 60.8 Å². The van der Waals surface area contributed by atoms with E-state index in [4.69, 9.17) is 0 Å². The fourth-order valence-electron chi connectivity index (χ4n) is 2.29. The lowest BCUT2D eigenvalue weighted by Crippen LogP contribution is -2.27. The molecule has 2 aromatic carbocycles. The Morgan fingerprint density at radius 2 is 1.71 bits per heavy atom. The third kappa shape index (κ3) is 3.15. The summed E-state index contributed by atoms with van der Waals surface area (Å²) in [5.74, 6) is -0.598. The summed E-state index contributed by atoms with van der Waals surface area (Å²) in [7, 11) is 0. The number of hydrogen-bond acceptors (Lipinski definition) is 2. The number of carbonyl (C=O) groups is 1. The van der Waals surface area contributed by atoms with Crippen LogP contribution >= 0.6 is 0 Å². The summed E-state index contributed by atoms with van der Waals surface area (Å²) in [4.78, 5) is 12.1. The Bertz CT molecular complexity index is 906. The van der Waals surface area contributed by atoms with Crippen molar-refractivity contribution in [3.05, 3.63) is 77.1 Å². The van der Waals surface area contributed by atoms with Gasteiger partial charge < -0.3 is 10.5 Å². The van der Waals surface area contributed by atoms with Crippen molar-refractivity contribution < 1.29 is 22.7 Å². The van der Waals surface area contributed by atoms with E-state index >= 15 is 0 Å². The molecule has 1 N–H and O–H groups in total. The van der Waals surface area contributed by atoms with Crippen molar-refractivity contribution in [3.8, 4) is 0 Å². The summed E-state index contributed by atoms with van der Waals surface area (Å²) < 4.78 is 38.2.